The summed E-state index contributed by atoms with van der Waals surface area (Å²) in [6.45, 7) is 2.53. The van der Waals surface area contributed by atoms with Gasteiger partial charge in [0.2, 0.25) is 5.91 Å². The minimum absolute atomic E-state index is 0.172. The van der Waals surface area contributed by atoms with Gasteiger partial charge in [-0.1, -0.05) is 18.2 Å². The first-order valence-electron chi connectivity index (χ1n) is 7.58. The fourth-order valence-corrected chi connectivity index (χ4v) is 2.10. The number of benzene rings is 2. The second-order valence-electron chi connectivity index (χ2n) is 5.23. The molecule has 4 nitrogen and oxygen atoms in total. The SMILES string of the molecule is CCOc1ccccc1C=CC(=O)Nc1ccc(N(C)C)cc1. The molecule has 0 spiro atoms. The molecule has 0 radical (unpaired) electrons. The third-order valence-electron chi connectivity index (χ3n) is 3.28. The van der Waals surface area contributed by atoms with E-state index in [0.29, 0.717) is 6.61 Å². The number of amides is 1. The summed E-state index contributed by atoms with van der Waals surface area (Å²) < 4.78 is 5.54. The van der Waals surface area contributed by atoms with Gasteiger partial charge in [0.15, 0.2) is 0 Å². The van der Waals surface area contributed by atoms with Gasteiger partial charge in [-0.15, -0.1) is 0 Å². The molecule has 0 aliphatic carbocycles. The predicted molar refractivity (Wildman–Crippen MR) is 96.0 cm³/mol. The summed E-state index contributed by atoms with van der Waals surface area (Å²) in [5.41, 5.74) is 2.74. The van der Waals surface area contributed by atoms with Crippen LogP contribution in [0.5, 0.6) is 5.75 Å². The summed E-state index contributed by atoms with van der Waals surface area (Å²) in [4.78, 5) is 14.0. The van der Waals surface area contributed by atoms with Crippen LogP contribution in [0.1, 0.15) is 12.5 Å². The molecule has 0 bridgehead atoms. The maximum absolute atomic E-state index is 12.0. The Balaban J connectivity index is 2.01. The first-order valence-corrected chi connectivity index (χ1v) is 7.58. The number of carbonyl (C=O) groups excluding carboxylic acids is 1. The van der Waals surface area contributed by atoms with Gasteiger partial charge < -0.3 is 15.0 Å². The molecule has 0 aliphatic heterocycles. The van der Waals surface area contributed by atoms with Crippen LogP contribution in [0, 0.1) is 0 Å². The van der Waals surface area contributed by atoms with E-state index in [1.807, 2.05) is 74.4 Å². The molecule has 0 atom stereocenters. The molecule has 0 saturated carbocycles. The van der Waals surface area contributed by atoms with E-state index in [4.69, 9.17) is 4.74 Å². The molecule has 2 aromatic carbocycles. The van der Waals surface area contributed by atoms with Gasteiger partial charge in [0.1, 0.15) is 5.75 Å². The molecule has 2 rings (SSSR count). The Morgan fingerprint density at radius 2 is 1.83 bits per heavy atom. The smallest absolute Gasteiger partial charge is 0.248 e. The summed E-state index contributed by atoms with van der Waals surface area (Å²) in [7, 11) is 3.96. The number of rotatable bonds is 6. The summed E-state index contributed by atoms with van der Waals surface area (Å²) in [6.07, 6.45) is 3.27. The van der Waals surface area contributed by atoms with Crippen LogP contribution < -0.4 is 15.0 Å². The Morgan fingerprint density at radius 3 is 2.48 bits per heavy atom. The van der Waals surface area contributed by atoms with Crippen LogP contribution in [0.4, 0.5) is 11.4 Å². The Hall–Kier alpha value is -2.75. The highest BCUT2D eigenvalue weighted by Crippen LogP contribution is 2.20. The summed E-state index contributed by atoms with van der Waals surface area (Å²) >= 11 is 0. The standard InChI is InChI=1S/C19H22N2O2/c1-4-23-18-8-6-5-7-15(18)9-14-19(22)20-16-10-12-17(13-11-16)21(2)3/h5-14H,4H2,1-3H3,(H,20,22). The number of para-hydroxylation sites is 1. The Kier molecular flexibility index (Phi) is 5.80. The van der Waals surface area contributed by atoms with Crippen LogP contribution >= 0.6 is 0 Å². The molecule has 2 aromatic rings. The van der Waals surface area contributed by atoms with Crippen molar-refractivity contribution in [2.75, 3.05) is 30.9 Å². The van der Waals surface area contributed by atoms with Crippen molar-refractivity contribution in [2.45, 2.75) is 6.92 Å². The zero-order valence-corrected chi connectivity index (χ0v) is 13.7. The zero-order chi connectivity index (χ0) is 16.7. The quantitative estimate of drug-likeness (QED) is 0.825. The lowest BCUT2D eigenvalue weighted by atomic mass is 10.2. The van der Waals surface area contributed by atoms with E-state index in [9.17, 15) is 4.79 Å². The van der Waals surface area contributed by atoms with E-state index in [2.05, 4.69) is 5.32 Å². The highest BCUT2D eigenvalue weighted by Gasteiger charge is 2.02. The van der Waals surface area contributed by atoms with Crippen LogP contribution in [0.2, 0.25) is 0 Å². The highest BCUT2D eigenvalue weighted by molar-refractivity contribution is 6.02. The van der Waals surface area contributed by atoms with Gasteiger partial charge in [0, 0.05) is 37.1 Å². The normalized spacial score (nSPS) is 10.6. The van der Waals surface area contributed by atoms with Gasteiger partial charge in [-0.05, 0) is 43.3 Å². The minimum Gasteiger partial charge on any atom is -0.493 e. The molecule has 0 saturated heterocycles. The van der Waals surface area contributed by atoms with E-state index in [0.717, 1.165) is 22.7 Å². The fraction of sp³-hybridized carbons (Fsp3) is 0.211. The average Bonchev–Trinajstić information content (AvgIpc) is 2.55. The topological polar surface area (TPSA) is 41.6 Å². The van der Waals surface area contributed by atoms with Gasteiger partial charge in [-0.3, -0.25) is 4.79 Å². The van der Waals surface area contributed by atoms with Crippen molar-refractivity contribution in [1.82, 2.24) is 0 Å². The fourth-order valence-electron chi connectivity index (χ4n) is 2.10. The van der Waals surface area contributed by atoms with E-state index in [1.54, 1.807) is 6.08 Å². The van der Waals surface area contributed by atoms with Crippen molar-refractivity contribution in [3.63, 3.8) is 0 Å². The number of carbonyl (C=O) groups is 1. The molecule has 0 aromatic heterocycles. The summed E-state index contributed by atoms with van der Waals surface area (Å²) in [5.74, 6) is 0.600. The van der Waals surface area contributed by atoms with Crippen molar-refractivity contribution in [1.29, 1.82) is 0 Å². The monoisotopic (exact) mass is 310 g/mol. The second-order valence-corrected chi connectivity index (χ2v) is 5.23. The number of anilines is 2. The van der Waals surface area contributed by atoms with Gasteiger partial charge in [0.25, 0.3) is 0 Å². The third-order valence-corrected chi connectivity index (χ3v) is 3.28. The first kappa shape index (κ1) is 16.6. The maximum atomic E-state index is 12.0. The number of nitrogens with zero attached hydrogens (tertiary/aromatic N) is 1. The van der Waals surface area contributed by atoms with Crippen molar-refractivity contribution < 1.29 is 9.53 Å². The molecule has 4 heteroatoms. The van der Waals surface area contributed by atoms with Gasteiger partial charge in [0.05, 0.1) is 6.61 Å². The molecule has 0 unspecified atom stereocenters. The van der Waals surface area contributed by atoms with Gasteiger partial charge >= 0.3 is 0 Å². The van der Waals surface area contributed by atoms with Crippen molar-refractivity contribution in [3.05, 3.63) is 60.2 Å². The summed E-state index contributed by atoms with van der Waals surface area (Å²) in [5, 5.41) is 2.84. The lowest BCUT2D eigenvalue weighted by molar-refractivity contribution is -0.111. The molecular weight excluding hydrogens is 288 g/mol. The number of hydrogen-bond acceptors (Lipinski definition) is 3. The van der Waals surface area contributed by atoms with Crippen molar-refractivity contribution >= 4 is 23.4 Å². The highest BCUT2D eigenvalue weighted by atomic mass is 16.5. The number of hydrogen-bond donors (Lipinski definition) is 1. The molecule has 1 N–H and O–H groups in total. The molecule has 1 amide bonds. The number of nitrogens with one attached hydrogen (secondary N) is 1. The average molecular weight is 310 g/mol. The largest absolute Gasteiger partial charge is 0.493 e. The maximum Gasteiger partial charge on any atom is 0.248 e. The third kappa shape index (κ3) is 4.88. The lowest BCUT2D eigenvalue weighted by Crippen LogP contribution is -2.10. The minimum atomic E-state index is -0.172. The second kappa shape index (κ2) is 8.03. The van der Waals surface area contributed by atoms with Crippen LogP contribution in [-0.4, -0.2) is 26.6 Å². The van der Waals surface area contributed by atoms with Crippen LogP contribution in [-0.2, 0) is 4.79 Å². The molecule has 0 aliphatic rings. The van der Waals surface area contributed by atoms with Gasteiger partial charge in [-0.25, -0.2) is 0 Å². The molecule has 0 fully saturated rings. The lowest BCUT2D eigenvalue weighted by Gasteiger charge is -2.12. The first-order chi connectivity index (χ1) is 11.1. The van der Waals surface area contributed by atoms with Crippen LogP contribution in [0.3, 0.4) is 0 Å². The predicted octanol–water partition coefficient (Wildman–Crippen LogP) is 3.80. The van der Waals surface area contributed by atoms with E-state index < -0.39 is 0 Å². The molecule has 120 valence electrons. The van der Waals surface area contributed by atoms with Crippen molar-refractivity contribution in [3.8, 4) is 5.75 Å². The Labute approximate surface area is 137 Å². The van der Waals surface area contributed by atoms with Crippen LogP contribution in [0.25, 0.3) is 6.08 Å². The van der Waals surface area contributed by atoms with Crippen molar-refractivity contribution in [2.24, 2.45) is 0 Å². The van der Waals surface area contributed by atoms with Crippen LogP contribution in [0.15, 0.2) is 54.6 Å². The Bertz CT molecular complexity index is 676. The summed E-state index contributed by atoms with van der Waals surface area (Å²) in [6, 6.07) is 15.3. The molecular formula is C19H22N2O2. The van der Waals surface area contributed by atoms with E-state index in [1.165, 1.54) is 6.08 Å². The zero-order valence-electron chi connectivity index (χ0n) is 13.7. The van der Waals surface area contributed by atoms with Gasteiger partial charge in [-0.2, -0.15) is 0 Å². The molecule has 23 heavy (non-hydrogen) atoms. The number of ether oxygens (including phenoxy) is 1. The molecule has 0 heterocycles. The Morgan fingerprint density at radius 1 is 1.13 bits per heavy atom. The van der Waals surface area contributed by atoms with E-state index >= 15 is 0 Å². The van der Waals surface area contributed by atoms with E-state index in [-0.39, 0.29) is 5.91 Å².